The first-order chi connectivity index (χ1) is 13.6. The highest BCUT2D eigenvalue weighted by molar-refractivity contribution is 6.31. The van der Waals surface area contributed by atoms with E-state index in [1.807, 2.05) is 0 Å². The summed E-state index contributed by atoms with van der Waals surface area (Å²) in [5, 5.41) is 3.00. The second kappa shape index (κ2) is 8.19. The number of aromatic nitrogens is 2. The smallest absolute Gasteiger partial charge is 0.350 e. The van der Waals surface area contributed by atoms with Crippen LogP contribution in [-0.4, -0.2) is 58.4 Å². The highest BCUT2D eigenvalue weighted by atomic mass is 35.5. The number of nitrogens with one attached hydrogen (secondary N) is 1. The Balaban J connectivity index is 1.70. The van der Waals surface area contributed by atoms with E-state index in [-0.39, 0.29) is 18.5 Å². The van der Waals surface area contributed by atoms with Crippen LogP contribution in [-0.2, 0) is 11.0 Å². The van der Waals surface area contributed by atoms with Crippen molar-refractivity contribution in [2.75, 3.05) is 25.0 Å². The largest absolute Gasteiger partial charge is 0.433 e. The average Bonchev–Trinajstić information content (AvgIpc) is 2.95. The molecule has 3 rings (SSSR count). The molecule has 0 saturated carbocycles. The molecule has 1 N–H and O–H groups in total. The minimum Gasteiger partial charge on any atom is -0.350 e. The maximum atomic E-state index is 12.9. The number of halogens is 5. The average molecular weight is 450 g/mol. The number of nitrogens with zero attached hydrogens (tertiary/aromatic N) is 4. The molecule has 1 fully saturated rings. The Morgan fingerprint density at radius 1 is 1.41 bits per heavy atom. The summed E-state index contributed by atoms with van der Waals surface area (Å²) < 4.78 is 38.6. The van der Waals surface area contributed by atoms with E-state index in [4.69, 9.17) is 23.2 Å². The molecule has 1 aromatic rings. The zero-order chi connectivity index (χ0) is 21.3. The van der Waals surface area contributed by atoms with Gasteiger partial charge in [0.1, 0.15) is 11.7 Å². The molecule has 1 aromatic heterocycles. The van der Waals surface area contributed by atoms with Crippen molar-refractivity contribution in [1.82, 2.24) is 20.2 Å². The van der Waals surface area contributed by atoms with Gasteiger partial charge in [-0.15, -0.1) is 11.6 Å². The molecule has 156 valence electrons. The summed E-state index contributed by atoms with van der Waals surface area (Å²) in [6, 6.07) is -0.893. The highest BCUT2D eigenvalue weighted by Crippen LogP contribution is 2.29. The summed E-state index contributed by atoms with van der Waals surface area (Å²) in [6.45, 7) is -0.0504. The summed E-state index contributed by atoms with van der Waals surface area (Å²) in [7, 11) is 1.38. The molecule has 2 heterocycles. The molecule has 1 aliphatic heterocycles. The van der Waals surface area contributed by atoms with E-state index in [0.29, 0.717) is 23.1 Å². The van der Waals surface area contributed by atoms with Gasteiger partial charge in [0.2, 0.25) is 11.9 Å². The fourth-order valence-corrected chi connectivity index (χ4v) is 3.50. The van der Waals surface area contributed by atoms with E-state index in [2.05, 4.69) is 15.3 Å². The lowest BCUT2D eigenvalue weighted by Crippen LogP contribution is -2.44. The number of amides is 3. The Kier molecular flexibility index (Phi) is 6.04. The standard InChI is InChI=1S/C17H16Cl2F3N5O2/c1-26-12(14(28)24-7-9-2-3-10(18)6-11(9)19)8-27(16(26)29)15-23-5-4-13(25-15)17(20,21)22/h2-5,10,12H,6-8H2,1H3,(H,24,28). The molecule has 1 aliphatic carbocycles. The van der Waals surface area contributed by atoms with Crippen molar-refractivity contribution >= 4 is 41.1 Å². The quantitative estimate of drug-likeness (QED) is 0.716. The van der Waals surface area contributed by atoms with E-state index in [1.165, 1.54) is 7.05 Å². The van der Waals surface area contributed by atoms with Crippen LogP contribution in [0.4, 0.5) is 23.9 Å². The Morgan fingerprint density at radius 2 is 2.14 bits per heavy atom. The van der Waals surface area contributed by atoms with E-state index in [0.717, 1.165) is 16.0 Å². The molecule has 0 radical (unpaired) electrons. The van der Waals surface area contributed by atoms with Crippen molar-refractivity contribution in [2.45, 2.75) is 24.0 Å². The van der Waals surface area contributed by atoms with Crippen LogP contribution in [0.15, 0.2) is 35.0 Å². The van der Waals surface area contributed by atoms with Crippen LogP contribution in [0, 0.1) is 0 Å². The molecule has 2 atom stereocenters. The van der Waals surface area contributed by atoms with Crippen LogP contribution in [0.3, 0.4) is 0 Å². The zero-order valence-corrected chi connectivity index (χ0v) is 16.6. The van der Waals surface area contributed by atoms with Gasteiger partial charge >= 0.3 is 12.2 Å². The van der Waals surface area contributed by atoms with E-state index in [1.54, 1.807) is 12.2 Å². The Hall–Kier alpha value is -2.33. The van der Waals surface area contributed by atoms with E-state index in [9.17, 15) is 22.8 Å². The van der Waals surface area contributed by atoms with Gasteiger partial charge in [-0.1, -0.05) is 23.8 Å². The first-order valence-corrected chi connectivity index (χ1v) is 9.31. The van der Waals surface area contributed by atoms with Gasteiger partial charge in [0.05, 0.1) is 11.9 Å². The molecule has 3 amide bonds. The molecular weight excluding hydrogens is 434 g/mol. The van der Waals surface area contributed by atoms with E-state index < -0.39 is 35.8 Å². The third-order valence-electron chi connectivity index (χ3n) is 4.51. The molecule has 7 nitrogen and oxygen atoms in total. The van der Waals surface area contributed by atoms with Crippen LogP contribution in [0.25, 0.3) is 0 Å². The highest BCUT2D eigenvalue weighted by Gasteiger charge is 2.42. The topological polar surface area (TPSA) is 78.4 Å². The second-order valence-electron chi connectivity index (χ2n) is 6.49. The third kappa shape index (κ3) is 4.64. The van der Waals surface area contributed by atoms with Crippen LogP contribution < -0.4 is 10.2 Å². The van der Waals surface area contributed by atoms with Crippen molar-refractivity contribution in [3.63, 3.8) is 0 Å². The first kappa shape index (κ1) is 21.4. The van der Waals surface area contributed by atoms with Crippen LogP contribution in [0.2, 0.25) is 0 Å². The number of hydrogen-bond acceptors (Lipinski definition) is 4. The number of carbonyl (C=O) groups is 2. The zero-order valence-electron chi connectivity index (χ0n) is 15.1. The molecule has 0 bridgehead atoms. The van der Waals surface area contributed by atoms with Gasteiger partial charge in [0.25, 0.3) is 0 Å². The predicted molar refractivity (Wildman–Crippen MR) is 101 cm³/mol. The maximum Gasteiger partial charge on any atom is 0.433 e. The molecule has 0 aromatic carbocycles. The van der Waals surface area contributed by atoms with Crippen LogP contribution >= 0.6 is 23.2 Å². The molecule has 1 saturated heterocycles. The predicted octanol–water partition coefficient (Wildman–Crippen LogP) is 2.91. The second-order valence-corrected chi connectivity index (χ2v) is 7.50. The summed E-state index contributed by atoms with van der Waals surface area (Å²) in [6.07, 6.45) is 0.168. The van der Waals surface area contributed by atoms with Gasteiger partial charge < -0.3 is 10.2 Å². The lowest BCUT2D eigenvalue weighted by atomic mass is 10.1. The Labute approximate surface area is 174 Å². The van der Waals surface area contributed by atoms with Gasteiger partial charge in [0.15, 0.2) is 0 Å². The SMILES string of the molecule is CN1C(=O)N(c2nccc(C(F)(F)F)n2)CC1C(=O)NCC1=C(Cl)CC(Cl)C=C1. The number of urea groups is 1. The normalized spacial score (nSPS) is 22.5. The number of likely N-dealkylation sites (N-methyl/N-ethyl adjacent to an activating group) is 1. The van der Waals surface area contributed by atoms with Crippen molar-refractivity contribution in [2.24, 2.45) is 0 Å². The number of rotatable bonds is 4. The summed E-state index contributed by atoms with van der Waals surface area (Å²) >= 11 is 12.1. The lowest BCUT2D eigenvalue weighted by Gasteiger charge is -2.19. The fraction of sp³-hybridized carbons (Fsp3) is 0.412. The van der Waals surface area contributed by atoms with Crippen LogP contribution in [0.1, 0.15) is 12.1 Å². The number of allylic oxidation sites excluding steroid dienone is 2. The van der Waals surface area contributed by atoms with E-state index >= 15 is 0 Å². The molecule has 2 unspecified atom stereocenters. The van der Waals surface area contributed by atoms with Gasteiger partial charge in [-0.2, -0.15) is 13.2 Å². The minimum absolute atomic E-state index is 0.135. The molecule has 29 heavy (non-hydrogen) atoms. The lowest BCUT2D eigenvalue weighted by molar-refractivity contribution is -0.141. The van der Waals surface area contributed by atoms with Crippen LogP contribution in [0.5, 0.6) is 0 Å². The summed E-state index contributed by atoms with van der Waals surface area (Å²) in [5.74, 6) is -0.894. The first-order valence-electron chi connectivity index (χ1n) is 8.50. The number of carbonyl (C=O) groups excluding carboxylic acids is 2. The van der Waals surface area contributed by atoms with Gasteiger partial charge in [-0.05, 0) is 11.6 Å². The fourth-order valence-electron chi connectivity index (χ4n) is 2.90. The summed E-state index contributed by atoms with van der Waals surface area (Å²) in [4.78, 5) is 34.2. The summed E-state index contributed by atoms with van der Waals surface area (Å²) in [5.41, 5.74) is -0.476. The molecule has 0 spiro atoms. The van der Waals surface area contributed by atoms with Gasteiger partial charge in [-0.25, -0.2) is 14.8 Å². The van der Waals surface area contributed by atoms with Crippen molar-refractivity contribution in [1.29, 1.82) is 0 Å². The number of alkyl halides is 4. The number of hydrogen-bond donors (Lipinski definition) is 1. The van der Waals surface area contributed by atoms with Gasteiger partial charge in [-0.3, -0.25) is 9.69 Å². The molecule has 2 aliphatic rings. The van der Waals surface area contributed by atoms with Crippen molar-refractivity contribution in [3.05, 3.63) is 40.7 Å². The molecule has 12 heteroatoms. The van der Waals surface area contributed by atoms with Crippen molar-refractivity contribution < 1.29 is 22.8 Å². The van der Waals surface area contributed by atoms with Gasteiger partial charge in [0, 0.05) is 31.2 Å². The monoisotopic (exact) mass is 449 g/mol. The Bertz CT molecular complexity index is 890. The Morgan fingerprint density at radius 3 is 2.79 bits per heavy atom. The third-order valence-corrected chi connectivity index (χ3v) is 5.21. The number of anilines is 1. The molecular formula is C17H16Cl2F3N5O2. The maximum absolute atomic E-state index is 12.9. The minimum atomic E-state index is -4.67. The van der Waals surface area contributed by atoms with Crippen molar-refractivity contribution in [3.8, 4) is 0 Å².